The fraction of sp³-hybridized carbons (Fsp3) is 0.409. The minimum atomic E-state index is -0.266. The van der Waals surface area contributed by atoms with Gasteiger partial charge in [0.15, 0.2) is 6.04 Å². The van der Waals surface area contributed by atoms with Crippen LogP contribution in [0.25, 0.3) is 11.0 Å². The van der Waals surface area contributed by atoms with E-state index in [1.165, 1.54) is 10.4 Å². The molecule has 5 nitrogen and oxygen atoms in total. The van der Waals surface area contributed by atoms with E-state index < -0.39 is 0 Å². The zero-order valence-electron chi connectivity index (χ0n) is 16.3. The summed E-state index contributed by atoms with van der Waals surface area (Å²) in [7, 11) is 0. The maximum atomic E-state index is 12.0. The summed E-state index contributed by atoms with van der Waals surface area (Å²) in [5.41, 5.74) is 2.67. The number of hydrogen-bond donors (Lipinski definition) is 2. The van der Waals surface area contributed by atoms with Gasteiger partial charge < -0.3 is 19.4 Å². The van der Waals surface area contributed by atoms with Crippen LogP contribution in [0.1, 0.15) is 29.0 Å². The predicted octanol–water partition coefficient (Wildman–Crippen LogP) is 1.14. The van der Waals surface area contributed by atoms with Crippen LogP contribution in [0.15, 0.2) is 51.0 Å². The maximum absolute atomic E-state index is 12.0. The molecule has 148 valence electrons. The first-order chi connectivity index (χ1) is 13.7. The molecule has 28 heavy (non-hydrogen) atoms. The van der Waals surface area contributed by atoms with Crippen molar-refractivity contribution < 1.29 is 19.4 Å². The van der Waals surface area contributed by atoms with Crippen LogP contribution in [0.4, 0.5) is 0 Å². The highest BCUT2D eigenvalue weighted by atomic mass is 32.1. The van der Waals surface area contributed by atoms with E-state index in [-0.39, 0.29) is 5.63 Å². The SMILES string of the molecule is CCc1ccc2c(C[NH2+]C[C@H](c3cccs3)[NH+]3CCOCC3)cc(=O)oc2c1. The third-order valence-corrected chi connectivity index (χ3v) is 6.57. The molecule has 4 rings (SSSR count). The van der Waals surface area contributed by atoms with E-state index in [1.54, 1.807) is 11.0 Å². The monoisotopic (exact) mass is 400 g/mol. The fourth-order valence-electron chi connectivity index (χ4n) is 4.02. The zero-order chi connectivity index (χ0) is 19.3. The maximum Gasteiger partial charge on any atom is 0.336 e. The van der Waals surface area contributed by atoms with Gasteiger partial charge in [-0.15, -0.1) is 11.3 Å². The molecular formula is C22H28N2O3S+2. The van der Waals surface area contributed by atoms with E-state index in [9.17, 15) is 4.79 Å². The largest absolute Gasteiger partial charge is 0.423 e. The average Bonchev–Trinajstić information content (AvgIpc) is 3.25. The van der Waals surface area contributed by atoms with Crippen molar-refractivity contribution in [3.8, 4) is 0 Å². The molecule has 0 saturated carbocycles. The van der Waals surface area contributed by atoms with Gasteiger partial charge in [-0.1, -0.05) is 25.1 Å². The normalized spacial score (nSPS) is 16.5. The number of nitrogens with one attached hydrogen (secondary N) is 1. The molecule has 1 fully saturated rings. The number of aryl methyl sites for hydroxylation is 1. The van der Waals surface area contributed by atoms with Crippen LogP contribution in [0.3, 0.4) is 0 Å². The minimum absolute atomic E-state index is 0.266. The van der Waals surface area contributed by atoms with Crippen molar-refractivity contribution in [2.24, 2.45) is 0 Å². The van der Waals surface area contributed by atoms with Crippen molar-refractivity contribution in [1.29, 1.82) is 0 Å². The molecule has 3 N–H and O–H groups in total. The Bertz CT molecular complexity index is 962. The lowest BCUT2D eigenvalue weighted by atomic mass is 10.1. The van der Waals surface area contributed by atoms with Gasteiger partial charge in [0.1, 0.15) is 31.8 Å². The molecule has 0 aliphatic carbocycles. The molecule has 1 aromatic carbocycles. The minimum Gasteiger partial charge on any atom is -0.423 e. The molecule has 1 aliphatic rings. The van der Waals surface area contributed by atoms with Crippen LogP contribution in [0, 0.1) is 0 Å². The number of benzene rings is 1. The first kappa shape index (κ1) is 19.3. The number of thiophene rings is 1. The molecule has 6 heteroatoms. The van der Waals surface area contributed by atoms with Gasteiger partial charge in [0.05, 0.1) is 18.1 Å². The summed E-state index contributed by atoms with van der Waals surface area (Å²) in [5.74, 6) is 0. The van der Waals surface area contributed by atoms with E-state index in [0.29, 0.717) is 11.6 Å². The third-order valence-electron chi connectivity index (χ3n) is 5.58. The van der Waals surface area contributed by atoms with Crippen molar-refractivity contribution in [2.45, 2.75) is 25.9 Å². The number of ether oxygens (including phenoxy) is 1. The molecular weight excluding hydrogens is 372 g/mol. The number of quaternary nitrogens is 2. The molecule has 0 amide bonds. The molecule has 0 spiro atoms. The number of morpholine rings is 1. The Morgan fingerprint density at radius 1 is 1.21 bits per heavy atom. The lowest BCUT2D eigenvalue weighted by molar-refractivity contribution is -0.952. The van der Waals surface area contributed by atoms with Crippen LogP contribution in [0.5, 0.6) is 0 Å². The lowest BCUT2D eigenvalue weighted by Crippen LogP contribution is -3.16. The molecule has 0 unspecified atom stereocenters. The molecule has 0 radical (unpaired) electrons. The number of nitrogens with two attached hydrogens (primary N) is 1. The van der Waals surface area contributed by atoms with Crippen molar-refractivity contribution in [1.82, 2.24) is 0 Å². The summed E-state index contributed by atoms with van der Waals surface area (Å²) in [6.45, 7) is 7.64. The topological polar surface area (TPSA) is 60.5 Å². The summed E-state index contributed by atoms with van der Waals surface area (Å²) >= 11 is 1.83. The Morgan fingerprint density at radius 2 is 2.07 bits per heavy atom. The summed E-state index contributed by atoms with van der Waals surface area (Å²) in [6, 6.07) is 12.7. The van der Waals surface area contributed by atoms with Crippen molar-refractivity contribution in [3.05, 3.63) is 68.2 Å². The second-order valence-electron chi connectivity index (χ2n) is 7.34. The second kappa shape index (κ2) is 9.01. The van der Waals surface area contributed by atoms with Crippen LogP contribution < -0.4 is 15.8 Å². The molecule has 1 aliphatic heterocycles. The zero-order valence-corrected chi connectivity index (χ0v) is 17.1. The summed E-state index contributed by atoms with van der Waals surface area (Å²) in [5, 5.41) is 5.53. The quantitative estimate of drug-likeness (QED) is 0.585. The molecule has 1 atom stereocenters. The second-order valence-corrected chi connectivity index (χ2v) is 8.32. The highest BCUT2D eigenvalue weighted by Gasteiger charge is 2.28. The number of fused-ring (bicyclic) bond motifs is 1. The third kappa shape index (κ3) is 4.36. The molecule has 3 aromatic rings. The van der Waals surface area contributed by atoms with Gasteiger partial charge in [-0.3, -0.25) is 0 Å². The van der Waals surface area contributed by atoms with Crippen LogP contribution in [-0.4, -0.2) is 32.8 Å². The fourth-order valence-corrected chi connectivity index (χ4v) is 4.92. The van der Waals surface area contributed by atoms with E-state index in [4.69, 9.17) is 9.15 Å². The van der Waals surface area contributed by atoms with Gasteiger partial charge in [-0.2, -0.15) is 0 Å². The Labute approximate surface area is 168 Å². The first-order valence-electron chi connectivity index (χ1n) is 10.1. The Hall–Kier alpha value is -1.99. The van der Waals surface area contributed by atoms with Crippen LogP contribution >= 0.6 is 11.3 Å². The highest BCUT2D eigenvalue weighted by molar-refractivity contribution is 7.10. The van der Waals surface area contributed by atoms with E-state index >= 15 is 0 Å². The van der Waals surface area contributed by atoms with Gasteiger partial charge in [0, 0.05) is 17.0 Å². The average molecular weight is 401 g/mol. The van der Waals surface area contributed by atoms with Crippen LogP contribution in [-0.2, 0) is 17.7 Å². The molecule has 1 saturated heterocycles. The molecule has 2 aromatic heterocycles. The van der Waals surface area contributed by atoms with Gasteiger partial charge in [-0.25, -0.2) is 4.79 Å². The Balaban J connectivity index is 1.50. The molecule has 0 bridgehead atoms. The van der Waals surface area contributed by atoms with Crippen molar-refractivity contribution in [3.63, 3.8) is 0 Å². The number of hydrogen-bond acceptors (Lipinski definition) is 4. The Kier molecular flexibility index (Phi) is 6.22. The van der Waals surface area contributed by atoms with Gasteiger partial charge in [-0.05, 0) is 29.5 Å². The molecule has 3 heterocycles. The summed E-state index contributed by atoms with van der Waals surface area (Å²) in [6.07, 6.45) is 0.931. The standard InChI is InChI=1S/C22H26N2O3S/c1-2-16-5-6-18-17(13-22(25)27-20(18)12-16)14-23-15-19(21-4-3-11-28-21)24-7-9-26-10-8-24/h3-6,11-13,19,23H,2,7-10,14-15H2,1H3/p+2/t19-/m1/s1. The van der Waals surface area contributed by atoms with Gasteiger partial charge >= 0.3 is 5.63 Å². The Morgan fingerprint density at radius 3 is 2.82 bits per heavy atom. The summed E-state index contributed by atoms with van der Waals surface area (Å²) < 4.78 is 11.0. The van der Waals surface area contributed by atoms with Gasteiger partial charge in [0.25, 0.3) is 0 Å². The summed E-state index contributed by atoms with van der Waals surface area (Å²) in [4.78, 5) is 15.1. The van der Waals surface area contributed by atoms with Crippen molar-refractivity contribution in [2.75, 3.05) is 32.8 Å². The predicted molar refractivity (Wildman–Crippen MR) is 111 cm³/mol. The van der Waals surface area contributed by atoms with Crippen LogP contribution in [0.2, 0.25) is 0 Å². The highest BCUT2D eigenvalue weighted by Crippen LogP contribution is 2.19. The van der Waals surface area contributed by atoms with E-state index in [0.717, 1.165) is 56.8 Å². The van der Waals surface area contributed by atoms with Crippen molar-refractivity contribution >= 4 is 22.3 Å². The van der Waals surface area contributed by atoms with E-state index in [2.05, 4.69) is 41.9 Å². The van der Waals surface area contributed by atoms with E-state index in [1.807, 2.05) is 17.4 Å². The first-order valence-corrected chi connectivity index (χ1v) is 11.0. The smallest absolute Gasteiger partial charge is 0.336 e. The lowest BCUT2D eigenvalue weighted by Gasteiger charge is -2.30. The van der Waals surface area contributed by atoms with Gasteiger partial charge in [0.2, 0.25) is 0 Å². The number of rotatable bonds is 7.